The number of hydrogen-bond acceptors (Lipinski definition) is 3. The number of benzene rings is 3. The van der Waals surface area contributed by atoms with Gasteiger partial charge in [-0.05, 0) is 36.4 Å². The van der Waals surface area contributed by atoms with E-state index < -0.39 is 64.4 Å². The lowest BCUT2D eigenvalue weighted by atomic mass is 10.0. The second-order valence-corrected chi connectivity index (χ2v) is 6.15. The third-order valence-electron chi connectivity index (χ3n) is 4.23. The van der Waals surface area contributed by atoms with E-state index in [0.29, 0.717) is 5.01 Å². The minimum Gasteiger partial charge on any atom is -0.371 e. The molecule has 0 fully saturated rings. The van der Waals surface area contributed by atoms with Crippen LogP contribution in [0.2, 0.25) is 0 Å². The molecule has 3 nitrogen and oxygen atoms in total. The Balaban J connectivity index is 2.04. The number of hydrogen-bond donors (Lipinski definition) is 2. The number of nitrogens with two attached hydrogens (primary N) is 1. The van der Waals surface area contributed by atoms with Crippen LogP contribution in [0.15, 0.2) is 54.6 Å². The van der Waals surface area contributed by atoms with Gasteiger partial charge in [-0.1, -0.05) is 18.2 Å². The standard InChI is InChI=1S/C20H15F6N3/c21-11-4-1-5-12(22)18(11)17(28-19-13(23)6-2-7-14(19)24)10-29(27)20-15(25)8-3-9-16(20)26/h1-9,17,28H,10,27H2. The molecule has 0 heterocycles. The van der Waals surface area contributed by atoms with Gasteiger partial charge in [-0.25, -0.2) is 32.2 Å². The maximum atomic E-state index is 14.3. The minimum atomic E-state index is -1.49. The van der Waals surface area contributed by atoms with Crippen LogP contribution < -0.4 is 16.2 Å². The Kier molecular flexibility index (Phi) is 5.97. The van der Waals surface area contributed by atoms with Crippen LogP contribution in [0.5, 0.6) is 0 Å². The average molecular weight is 411 g/mol. The number of nitrogens with zero attached hydrogens (tertiary/aromatic N) is 1. The number of nitrogens with one attached hydrogen (secondary N) is 1. The van der Waals surface area contributed by atoms with Gasteiger partial charge in [0.05, 0.1) is 12.6 Å². The van der Waals surface area contributed by atoms with Gasteiger partial charge < -0.3 is 10.3 Å². The van der Waals surface area contributed by atoms with Crippen molar-refractivity contribution in [3.63, 3.8) is 0 Å². The zero-order chi connectivity index (χ0) is 21.1. The molecule has 0 spiro atoms. The number of para-hydroxylation sites is 2. The Bertz CT molecular complexity index is 966. The Hall–Kier alpha value is -3.20. The first-order valence-corrected chi connectivity index (χ1v) is 8.40. The zero-order valence-corrected chi connectivity index (χ0v) is 14.8. The van der Waals surface area contributed by atoms with E-state index in [1.807, 2.05) is 0 Å². The maximum Gasteiger partial charge on any atom is 0.150 e. The molecule has 0 aliphatic heterocycles. The molecule has 0 saturated heterocycles. The van der Waals surface area contributed by atoms with Gasteiger partial charge in [0.15, 0.2) is 11.6 Å². The highest BCUT2D eigenvalue weighted by Crippen LogP contribution is 2.30. The van der Waals surface area contributed by atoms with Gasteiger partial charge in [-0.3, -0.25) is 0 Å². The van der Waals surface area contributed by atoms with Crippen LogP contribution in [-0.4, -0.2) is 6.54 Å². The van der Waals surface area contributed by atoms with Crippen LogP contribution >= 0.6 is 0 Å². The fourth-order valence-corrected chi connectivity index (χ4v) is 2.91. The molecule has 0 saturated carbocycles. The maximum absolute atomic E-state index is 14.3. The summed E-state index contributed by atoms with van der Waals surface area (Å²) in [6, 6.07) is 7.49. The van der Waals surface area contributed by atoms with E-state index >= 15 is 0 Å². The molecule has 3 aromatic rings. The molecule has 3 N–H and O–H groups in total. The average Bonchev–Trinajstić information content (AvgIpc) is 2.64. The molecule has 1 atom stereocenters. The van der Waals surface area contributed by atoms with E-state index in [1.165, 1.54) is 0 Å². The van der Waals surface area contributed by atoms with Crippen molar-refractivity contribution >= 4 is 11.4 Å². The van der Waals surface area contributed by atoms with Gasteiger partial charge in [-0.2, -0.15) is 0 Å². The van der Waals surface area contributed by atoms with Gasteiger partial charge in [0.25, 0.3) is 0 Å². The Morgan fingerprint density at radius 1 is 0.690 bits per heavy atom. The molecule has 0 radical (unpaired) electrons. The highest BCUT2D eigenvalue weighted by Gasteiger charge is 2.26. The highest BCUT2D eigenvalue weighted by molar-refractivity contribution is 5.52. The van der Waals surface area contributed by atoms with Crippen molar-refractivity contribution < 1.29 is 26.3 Å². The minimum absolute atomic E-state index is 0.576. The first-order valence-electron chi connectivity index (χ1n) is 8.40. The van der Waals surface area contributed by atoms with Crippen molar-refractivity contribution in [2.24, 2.45) is 5.84 Å². The lowest BCUT2D eigenvalue weighted by molar-refractivity contribution is 0.521. The third-order valence-corrected chi connectivity index (χ3v) is 4.23. The number of rotatable bonds is 6. The summed E-state index contributed by atoms with van der Waals surface area (Å²) in [5.74, 6) is -0.381. The van der Waals surface area contributed by atoms with Gasteiger partial charge in [-0.15, -0.1) is 0 Å². The molecular formula is C20H15F6N3. The van der Waals surface area contributed by atoms with Crippen LogP contribution in [0, 0.1) is 34.9 Å². The molecule has 9 heteroatoms. The Morgan fingerprint density at radius 3 is 1.59 bits per heavy atom. The lowest BCUT2D eigenvalue weighted by Crippen LogP contribution is -2.39. The van der Waals surface area contributed by atoms with Crippen molar-refractivity contribution in [1.29, 1.82) is 0 Å². The summed E-state index contributed by atoms with van der Waals surface area (Å²) in [6.45, 7) is -0.622. The summed E-state index contributed by atoms with van der Waals surface area (Å²) in [5, 5.41) is 2.93. The van der Waals surface area contributed by atoms with Gasteiger partial charge >= 0.3 is 0 Å². The van der Waals surface area contributed by atoms with Crippen molar-refractivity contribution in [1.82, 2.24) is 0 Å². The lowest BCUT2D eigenvalue weighted by Gasteiger charge is -2.28. The van der Waals surface area contributed by atoms with Crippen LogP contribution in [0.3, 0.4) is 0 Å². The van der Waals surface area contributed by atoms with Gasteiger partial charge in [0.1, 0.15) is 34.6 Å². The van der Waals surface area contributed by atoms with Crippen LogP contribution in [-0.2, 0) is 0 Å². The summed E-state index contributed by atoms with van der Waals surface area (Å²) in [4.78, 5) is 0. The topological polar surface area (TPSA) is 41.3 Å². The van der Waals surface area contributed by atoms with Crippen molar-refractivity contribution in [2.75, 3.05) is 16.9 Å². The highest BCUT2D eigenvalue weighted by atomic mass is 19.2. The second kappa shape index (κ2) is 8.44. The molecule has 0 amide bonds. The van der Waals surface area contributed by atoms with Crippen LogP contribution in [0.25, 0.3) is 0 Å². The molecule has 29 heavy (non-hydrogen) atoms. The van der Waals surface area contributed by atoms with Crippen molar-refractivity contribution in [2.45, 2.75) is 6.04 Å². The Morgan fingerprint density at radius 2 is 1.10 bits per heavy atom. The fourth-order valence-electron chi connectivity index (χ4n) is 2.91. The van der Waals surface area contributed by atoms with E-state index in [2.05, 4.69) is 5.32 Å². The van der Waals surface area contributed by atoms with Crippen LogP contribution in [0.1, 0.15) is 11.6 Å². The van der Waals surface area contributed by atoms with Gasteiger partial charge in [0.2, 0.25) is 0 Å². The molecule has 3 aromatic carbocycles. The van der Waals surface area contributed by atoms with E-state index in [0.717, 1.165) is 54.6 Å². The van der Waals surface area contributed by atoms with Crippen molar-refractivity contribution in [3.8, 4) is 0 Å². The van der Waals surface area contributed by atoms with E-state index in [1.54, 1.807) is 0 Å². The summed E-state index contributed by atoms with van der Waals surface area (Å²) in [7, 11) is 0. The normalized spacial score (nSPS) is 12.0. The molecule has 0 bridgehead atoms. The predicted molar refractivity (Wildman–Crippen MR) is 97.0 cm³/mol. The first-order chi connectivity index (χ1) is 13.8. The molecule has 3 rings (SSSR count). The monoisotopic (exact) mass is 411 g/mol. The van der Waals surface area contributed by atoms with E-state index in [4.69, 9.17) is 5.84 Å². The van der Waals surface area contributed by atoms with Crippen molar-refractivity contribution in [3.05, 3.63) is 95.1 Å². The summed E-state index contributed by atoms with van der Waals surface area (Å²) in [5.41, 5.74) is -1.92. The van der Waals surface area contributed by atoms with Crippen LogP contribution in [0.4, 0.5) is 37.7 Å². The largest absolute Gasteiger partial charge is 0.371 e. The molecule has 0 aliphatic rings. The Labute approximate surface area is 162 Å². The number of hydrazine groups is 1. The summed E-state index contributed by atoms with van der Waals surface area (Å²) >= 11 is 0. The molecule has 1 unspecified atom stereocenters. The smallest absolute Gasteiger partial charge is 0.150 e. The zero-order valence-electron chi connectivity index (χ0n) is 14.8. The quantitative estimate of drug-likeness (QED) is 0.339. The first kappa shape index (κ1) is 20.5. The number of anilines is 2. The summed E-state index contributed by atoms with van der Waals surface area (Å²) in [6.07, 6.45) is 0. The van der Waals surface area contributed by atoms with Gasteiger partial charge in [0, 0.05) is 5.56 Å². The molecular weight excluding hydrogens is 396 g/mol. The molecule has 0 aliphatic carbocycles. The SMILES string of the molecule is NN(CC(Nc1c(F)cccc1F)c1c(F)cccc1F)c1c(F)cccc1F. The molecule has 0 aromatic heterocycles. The van der Waals surface area contributed by atoms with E-state index in [-0.39, 0.29) is 0 Å². The predicted octanol–water partition coefficient (Wildman–Crippen LogP) is 5.05. The molecule has 152 valence electrons. The second-order valence-electron chi connectivity index (χ2n) is 6.15. The summed E-state index contributed by atoms with van der Waals surface area (Å²) < 4.78 is 84.8. The number of halogens is 6. The third kappa shape index (κ3) is 4.29. The fraction of sp³-hybridized carbons (Fsp3) is 0.100. The van der Waals surface area contributed by atoms with E-state index in [9.17, 15) is 26.3 Å².